The predicted molar refractivity (Wildman–Crippen MR) is 97.5 cm³/mol. The van der Waals surface area contributed by atoms with Gasteiger partial charge in [0, 0.05) is 29.9 Å². The van der Waals surface area contributed by atoms with Gasteiger partial charge in [0.25, 0.3) is 5.91 Å². The fourth-order valence-corrected chi connectivity index (χ4v) is 4.92. The van der Waals surface area contributed by atoms with Gasteiger partial charge in [0.15, 0.2) is 0 Å². The number of likely N-dealkylation sites (tertiary alicyclic amines) is 1. The number of hydrogen-bond acceptors (Lipinski definition) is 3. The summed E-state index contributed by atoms with van der Waals surface area (Å²) in [6.45, 7) is 6.01. The molecule has 1 aliphatic heterocycles. The number of fused-ring (bicyclic) bond motifs is 1. The van der Waals surface area contributed by atoms with Crippen molar-refractivity contribution in [3.05, 3.63) is 21.4 Å². The Balaban J connectivity index is 1.65. The van der Waals surface area contributed by atoms with E-state index in [2.05, 4.69) is 25.2 Å². The summed E-state index contributed by atoms with van der Waals surface area (Å²) in [7, 11) is 0. The highest BCUT2D eigenvalue weighted by atomic mass is 32.1. The van der Waals surface area contributed by atoms with Crippen LogP contribution in [0.25, 0.3) is 0 Å². The minimum Gasteiger partial charge on any atom is -0.353 e. The quantitative estimate of drug-likeness (QED) is 0.887. The van der Waals surface area contributed by atoms with Crippen LogP contribution in [-0.2, 0) is 17.6 Å². The standard InChI is InChI=1S/C19H28N2O2S/c1-3-15(4-2)20-18(22)13-7-8-16-14(11-13)12-17(24-16)19(23)21-9-5-6-10-21/h12-13,15H,3-11H2,1-2H3,(H,20,22). The summed E-state index contributed by atoms with van der Waals surface area (Å²) < 4.78 is 0. The second-order valence-corrected chi connectivity index (χ2v) is 8.16. The van der Waals surface area contributed by atoms with Gasteiger partial charge in [-0.1, -0.05) is 13.8 Å². The van der Waals surface area contributed by atoms with Crippen molar-refractivity contribution >= 4 is 23.2 Å². The third-order valence-electron chi connectivity index (χ3n) is 5.39. The van der Waals surface area contributed by atoms with Gasteiger partial charge in [0.05, 0.1) is 4.88 Å². The van der Waals surface area contributed by atoms with Crippen molar-refractivity contribution in [2.75, 3.05) is 13.1 Å². The van der Waals surface area contributed by atoms with Crippen molar-refractivity contribution in [1.29, 1.82) is 0 Å². The van der Waals surface area contributed by atoms with Crippen molar-refractivity contribution in [2.45, 2.75) is 64.8 Å². The van der Waals surface area contributed by atoms with Gasteiger partial charge < -0.3 is 10.2 Å². The van der Waals surface area contributed by atoms with Crippen molar-refractivity contribution < 1.29 is 9.59 Å². The minimum atomic E-state index is 0.0578. The molecule has 0 saturated carbocycles. The molecule has 0 radical (unpaired) electrons. The zero-order valence-corrected chi connectivity index (χ0v) is 15.6. The Labute approximate surface area is 148 Å². The second kappa shape index (κ2) is 7.68. The molecular weight excluding hydrogens is 320 g/mol. The van der Waals surface area contributed by atoms with E-state index in [4.69, 9.17) is 0 Å². The van der Waals surface area contributed by atoms with Crippen LogP contribution in [0.15, 0.2) is 6.07 Å². The lowest BCUT2D eigenvalue weighted by Crippen LogP contribution is -2.40. The molecule has 1 aromatic heterocycles. The van der Waals surface area contributed by atoms with Gasteiger partial charge in [-0.3, -0.25) is 9.59 Å². The van der Waals surface area contributed by atoms with E-state index >= 15 is 0 Å². The summed E-state index contributed by atoms with van der Waals surface area (Å²) >= 11 is 1.64. The average molecular weight is 349 g/mol. The maximum absolute atomic E-state index is 12.6. The Kier molecular flexibility index (Phi) is 5.59. The van der Waals surface area contributed by atoms with Crippen LogP contribution in [0.2, 0.25) is 0 Å². The number of aryl methyl sites for hydroxylation is 1. The number of rotatable bonds is 5. The molecule has 0 aromatic carbocycles. The number of thiophene rings is 1. The average Bonchev–Trinajstić information content (AvgIpc) is 3.27. The Morgan fingerprint density at radius 2 is 2.00 bits per heavy atom. The zero-order valence-electron chi connectivity index (χ0n) is 14.8. The van der Waals surface area contributed by atoms with Crippen molar-refractivity contribution in [2.24, 2.45) is 5.92 Å². The van der Waals surface area contributed by atoms with Gasteiger partial charge in [-0.2, -0.15) is 0 Å². The van der Waals surface area contributed by atoms with Crippen LogP contribution >= 0.6 is 11.3 Å². The first-order chi connectivity index (χ1) is 11.6. The fraction of sp³-hybridized carbons (Fsp3) is 0.684. The number of nitrogens with one attached hydrogen (secondary N) is 1. The summed E-state index contributed by atoms with van der Waals surface area (Å²) in [5.74, 6) is 0.431. The molecule has 1 aromatic rings. The molecule has 24 heavy (non-hydrogen) atoms. The lowest BCUT2D eigenvalue weighted by molar-refractivity contribution is -0.126. The number of amides is 2. The minimum absolute atomic E-state index is 0.0578. The maximum Gasteiger partial charge on any atom is 0.263 e. The molecule has 1 N–H and O–H groups in total. The van der Waals surface area contributed by atoms with Gasteiger partial charge in [-0.05, 0) is 56.6 Å². The fourth-order valence-electron chi connectivity index (χ4n) is 3.74. The van der Waals surface area contributed by atoms with E-state index in [1.54, 1.807) is 11.3 Å². The van der Waals surface area contributed by atoms with E-state index < -0.39 is 0 Å². The van der Waals surface area contributed by atoms with Gasteiger partial charge in [-0.25, -0.2) is 0 Å². The van der Waals surface area contributed by atoms with E-state index in [0.717, 1.165) is 62.9 Å². The first kappa shape index (κ1) is 17.5. The van der Waals surface area contributed by atoms with Crippen LogP contribution in [0.4, 0.5) is 0 Å². The first-order valence-corrected chi connectivity index (χ1v) is 10.1. The molecule has 0 bridgehead atoms. The Morgan fingerprint density at radius 3 is 2.67 bits per heavy atom. The zero-order chi connectivity index (χ0) is 17.1. The lowest BCUT2D eigenvalue weighted by Gasteiger charge is -2.24. The smallest absolute Gasteiger partial charge is 0.263 e. The van der Waals surface area contributed by atoms with Crippen LogP contribution in [0.3, 0.4) is 0 Å². The van der Waals surface area contributed by atoms with Gasteiger partial charge in [0.2, 0.25) is 5.91 Å². The van der Waals surface area contributed by atoms with Crippen LogP contribution in [0.1, 0.15) is 66.1 Å². The molecule has 132 valence electrons. The highest BCUT2D eigenvalue weighted by molar-refractivity contribution is 7.14. The SMILES string of the molecule is CCC(CC)NC(=O)C1CCc2sc(C(=O)N3CCCC3)cc2C1. The molecule has 2 aliphatic rings. The Morgan fingerprint density at radius 1 is 1.29 bits per heavy atom. The van der Waals surface area contributed by atoms with Crippen molar-refractivity contribution in [3.8, 4) is 0 Å². The molecular formula is C19H28N2O2S. The van der Waals surface area contributed by atoms with Gasteiger partial charge >= 0.3 is 0 Å². The number of carbonyl (C=O) groups is 2. The third-order valence-corrected chi connectivity index (χ3v) is 6.61. The molecule has 1 fully saturated rings. The molecule has 5 heteroatoms. The summed E-state index contributed by atoms with van der Waals surface area (Å²) in [5.41, 5.74) is 1.22. The summed E-state index contributed by atoms with van der Waals surface area (Å²) in [6, 6.07) is 2.34. The monoisotopic (exact) mass is 348 g/mol. The normalized spacial score (nSPS) is 20.3. The van der Waals surface area contributed by atoms with E-state index in [1.807, 2.05) is 4.90 Å². The molecule has 3 rings (SSSR count). The van der Waals surface area contributed by atoms with Crippen molar-refractivity contribution in [1.82, 2.24) is 10.2 Å². The van der Waals surface area contributed by atoms with E-state index in [9.17, 15) is 9.59 Å². The number of hydrogen-bond donors (Lipinski definition) is 1. The molecule has 1 atom stereocenters. The summed E-state index contributed by atoms with van der Waals surface area (Å²) in [6.07, 6.45) is 6.81. The summed E-state index contributed by atoms with van der Waals surface area (Å²) in [5, 5.41) is 3.18. The first-order valence-electron chi connectivity index (χ1n) is 9.33. The van der Waals surface area contributed by atoms with Crippen LogP contribution < -0.4 is 5.32 Å². The predicted octanol–water partition coefficient (Wildman–Crippen LogP) is 3.39. The highest BCUT2D eigenvalue weighted by Gasteiger charge is 2.29. The largest absolute Gasteiger partial charge is 0.353 e. The van der Waals surface area contributed by atoms with E-state index in [1.165, 1.54) is 10.4 Å². The summed E-state index contributed by atoms with van der Waals surface area (Å²) in [4.78, 5) is 29.2. The molecule has 1 saturated heterocycles. The Bertz CT molecular complexity index is 601. The molecule has 2 amide bonds. The topological polar surface area (TPSA) is 49.4 Å². The molecule has 4 nitrogen and oxygen atoms in total. The molecule has 1 aliphatic carbocycles. The Hall–Kier alpha value is -1.36. The molecule has 2 heterocycles. The van der Waals surface area contributed by atoms with Crippen LogP contribution in [0, 0.1) is 5.92 Å². The maximum atomic E-state index is 12.6. The lowest BCUT2D eigenvalue weighted by atomic mass is 9.87. The van der Waals surface area contributed by atoms with E-state index in [-0.39, 0.29) is 23.8 Å². The van der Waals surface area contributed by atoms with E-state index in [0.29, 0.717) is 0 Å². The van der Waals surface area contributed by atoms with Gasteiger partial charge in [0.1, 0.15) is 0 Å². The highest BCUT2D eigenvalue weighted by Crippen LogP contribution is 2.33. The van der Waals surface area contributed by atoms with Crippen LogP contribution in [-0.4, -0.2) is 35.8 Å². The second-order valence-electron chi connectivity index (χ2n) is 7.02. The van der Waals surface area contributed by atoms with Crippen LogP contribution in [0.5, 0.6) is 0 Å². The molecule has 1 unspecified atom stereocenters. The van der Waals surface area contributed by atoms with Gasteiger partial charge in [-0.15, -0.1) is 11.3 Å². The molecule has 0 spiro atoms. The number of nitrogens with zero attached hydrogens (tertiary/aromatic N) is 1. The van der Waals surface area contributed by atoms with Crippen molar-refractivity contribution in [3.63, 3.8) is 0 Å². The number of carbonyl (C=O) groups excluding carboxylic acids is 2. The third kappa shape index (κ3) is 3.66.